The molecule has 2 aromatic heterocycles. The first-order valence-electron chi connectivity index (χ1n) is 7.40. The molecule has 2 N–H and O–H groups in total. The first-order chi connectivity index (χ1) is 12.2. The van der Waals surface area contributed by atoms with Gasteiger partial charge in [0, 0.05) is 30.3 Å². The molecule has 3 aromatic rings. The molecule has 0 amide bonds. The normalized spacial score (nSPS) is 10.2. The standard InChI is InChI=1S/C17H14N4O4/c18-7-14-5-17(21(22)23)16(20-9-13-2-4-25-11-13)6-15(14)19-8-12-1-3-24-10-12/h1-6,10-11,19-20H,8-9H2. The fourth-order valence-electron chi connectivity index (χ4n) is 2.30. The van der Waals surface area contributed by atoms with E-state index in [9.17, 15) is 15.4 Å². The monoisotopic (exact) mass is 338 g/mol. The molecule has 1 aromatic carbocycles. The first-order valence-corrected chi connectivity index (χ1v) is 7.40. The summed E-state index contributed by atoms with van der Waals surface area (Å²) in [6.07, 6.45) is 6.22. The van der Waals surface area contributed by atoms with Crippen LogP contribution in [0.15, 0.2) is 58.2 Å². The lowest BCUT2D eigenvalue weighted by Gasteiger charge is -2.12. The molecule has 3 rings (SSSR count). The predicted octanol–water partition coefficient (Wildman–Crippen LogP) is 3.88. The summed E-state index contributed by atoms with van der Waals surface area (Å²) >= 11 is 0. The van der Waals surface area contributed by atoms with Crippen molar-refractivity contribution in [3.8, 4) is 6.07 Å². The van der Waals surface area contributed by atoms with Gasteiger partial charge in [0.1, 0.15) is 11.8 Å². The lowest BCUT2D eigenvalue weighted by atomic mass is 10.1. The minimum absolute atomic E-state index is 0.158. The SMILES string of the molecule is N#Cc1cc([N+](=O)[O-])c(NCc2ccoc2)cc1NCc1ccoc1. The molecule has 0 saturated heterocycles. The number of nitrogens with one attached hydrogen (secondary N) is 2. The highest BCUT2D eigenvalue weighted by Gasteiger charge is 2.18. The summed E-state index contributed by atoms with van der Waals surface area (Å²) < 4.78 is 9.98. The van der Waals surface area contributed by atoms with Gasteiger partial charge >= 0.3 is 0 Å². The summed E-state index contributed by atoms with van der Waals surface area (Å²) in [4.78, 5) is 10.8. The maximum Gasteiger partial charge on any atom is 0.293 e. The summed E-state index contributed by atoms with van der Waals surface area (Å²) in [6, 6.07) is 8.37. The average molecular weight is 338 g/mol. The lowest BCUT2D eigenvalue weighted by Crippen LogP contribution is -2.06. The molecule has 0 atom stereocenters. The van der Waals surface area contributed by atoms with Crippen molar-refractivity contribution >= 4 is 17.1 Å². The topological polar surface area (TPSA) is 117 Å². The zero-order chi connectivity index (χ0) is 17.6. The summed E-state index contributed by atoms with van der Waals surface area (Å²) in [6.45, 7) is 0.800. The zero-order valence-electron chi connectivity index (χ0n) is 13.1. The predicted molar refractivity (Wildman–Crippen MR) is 89.9 cm³/mol. The first kappa shape index (κ1) is 16.1. The van der Waals surface area contributed by atoms with E-state index in [0.29, 0.717) is 24.5 Å². The van der Waals surface area contributed by atoms with E-state index in [1.807, 2.05) is 6.07 Å². The molecule has 0 spiro atoms. The number of nitriles is 1. The molecule has 0 fully saturated rings. The van der Waals surface area contributed by atoms with Crippen LogP contribution in [0, 0.1) is 21.4 Å². The van der Waals surface area contributed by atoms with Gasteiger partial charge in [-0.25, -0.2) is 0 Å². The van der Waals surface area contributed by atoms with Gasteiger partial charge in [-0.05, 0) is 18.2 Å². The average Bonchev–Trinajstić information content (AvgIpc) is 3.31. The highest BCUT2D eigenvalue weighted by Crippen LogP contribution is 2.32. The number of hydrogen-bond acceptors (Lipinski definition) is 7. The van der Waals surface area contributed by atoms with Gasteiger partial charge in [0.2, 0.25) is 0 Å². The maximum absolute atomic E-state index is 11.3. The second-order valence-electron chi connectivity index (χ2n) is 5.25. The van der Waals surface area contributed by atoms with Crippen molar-refractivity contribution in [3.63, 3.8) is 0 Å². The molecule has 0 aliphatic heterocycles. The third-order valence-corrected chi connectivity index (χ3v) is 3.58. The molecule has 0 aliphatic carbocycles. The number of rotatable bonds is 7. The molecule has 2 heterocycles. The fraction of sp³-hybridized carbons (Fsp3) is 0.118. The Morgan fingerprint density at radius 2 is 1.64 bits per heavy atom. The summed E-state index contributed by atoms with van der Waals surface area (Å²) in [7, 11) is 0. The molecule has 0 aliphatic rings. The number of furan rings is 2. The van der Waals surface area contributed by atoms with E-state index in [0.717, 1.165) is 11.1 Å². The van der Waals surface area contributed by atoms with Crippen LogP contribution in [0.5, 0.6) is 0 Å². The highest BCUT2D eigenvalue weighted by molar-refractivity contribution is 5.74. The molecule has 0 radical (unpaired) electrons. The smallest absolute Gasteiger partial charge is 0.293 e. The Morgan fingerprint density at radius 3 is 2.12 bits per heavy atom. The number of anilines is 2. The van der Waals surface area contributed by atoms with E-state index in [1.165, 1.54) is 12.3 Å². The van der Waals surface area contributed by atoms with Crippen molar-refractivity contribution in [1.82, 2.24) is 0 Å². The van der Waals surface area contributed by atoms with Crippen molar-refractivity contribution in [2.75, 3.05) is 10.6 Å². The molecular weight excluding hydrogens is 324 g/mol. The number of nitrogens with zero attached hydrogens (tertiary/aromatic N) is 2. The quantitative estimate of drug-likeness (QED) is 0.496. The van der Waals surface area contributed by atoms with E-state index >= 15 is 0 Å². The van der Waals surface area contributed by atoms with E-state index in [1.54, 1.807) is 37.0 Å². The minimum atomic E-state index is -0.515. The molecule has 0 bridgehead atoms. The van der Waals surface area contributed by atoms with Crippen LogP contribution < -0.4 is 10.6 Å². The van der Waals surface area contributed by atoms with E-state index in [4.69, 9.17) is 8.83 Å². The second-order valence-corrected chi connectivity index (χ2v) is 5.25. The molecule has 0 unspecified atom stereocenters. The van der Waals surface area contributed by atoms with Gasteiger partial charge in [-0.1, -0.05) is 0 Å². The van der Waals surface area contributed by atoms with Crippen molar-refractivity contribution in [2.24, 2.45) is 0 Å². The number of nitro groups is 1. The van der Waals surface area contributed by atoms with Crippen molar-refractivity contribution in [1.29, 1.82) is 5.26 Å². The van der Waals surface area contributed by atoms with Crippen LogP contribution in [0.3, 0.4) is 0 Å². The van der Waals surface area contributed by atoms with Crippen LogP contribution in [0.1, 0.15) is 16.7 Å². The molecule has 8 nitrogen and oxygen atoms in total. The Morgan fingerprint density at radius 1 is 1.04 bits per heavy atom. The van der Waals surface area contributed by atoms with Gasteiger partial charge in [-0.3, -0.25) is 10.1 Å². The van der Waals surface area contributed by atoms with Gasteiger partial charge in [0.25, 0.3) is 5.69 Å². The zero-order valence-corrected chi connectivity index (χ0v) is 13.1. The molecular formula is C17H14N4O4. The Bertz CT molecular complexity index is 896. The Balaban J connectivity index is 1.86. The summed E-state index contributed by atoms with van der Waals surface area (Å²) in [5.74, 6) is 0. The van der Waals surface area contributed by atoms with Gasteiger partial charge < -0.3 is 19.5 Å². The van der Waals surface area contributed by atoms with Crippen LogP contribution in [0.4, 0.5) is 17.1 Å². The van der Waals surface area contributed by atoms with E-state index in [-0.39, 0.29) is 11.3 Å². The van der Waals surface area contributed by atoms with Crippen molar-refractivity contribution < 1.29 is 13.8 Å². The molecule has 25 heavy (non-hydrogen) atoms. The Hall–Kier alpha value is -3.73. The van der Waals surface area contributed by atoms with Crippen LogP contribution in [-0.4, -0.2) is 4.92 Å². The van der Waals surface area contributed by atoms with E-state index in [2.05, 4.69) is 10.6 Å². The third-order valence-electron chi connectivity index (χ3n) is 3.58. The largest absolute Gasteiger partial charge is 0.472 e. The highest BCUT2D eigenvalue weighted by atomic mass is 16.6. The molecule has 0 saturated carbocycles. The number of hydrogen-bond donors (Lipinski definition) is 2. The molecule has 8 heteroatoms. The fourth-order valence-corrected chi connectivity index (χ4v) is 2.30. The number of benzene rings is 1. The van der Waals surface area contributed by atoms with Gasteiger partial charge in [-0.2, -0.15) is 5.26 Å². The molecule has 126 valence electrons. The Labute approximate surface area is 142 Å². The van der Waals surface area contributed by atoms with Crippen LogP contribution >= 0.6 is 0 Å². The summed E-state index contributed by atoms with van der Waals surface area (Å²) in [5.41, 5.74) is 2.61. The van der Waals surface area contributed by atoms with Crippen LogP contribution in [0.25, 0.3) is 0 Å². The van der Waals surface area contributed by atoms with Gasteiger partial charge in [0.15, 0.2) is 0 Å². The third kappa shape index (κ3) is 3.79. The van der Waals surface area contributed by atoms with Crippen LogP contribution in [0.2, 0.25) is 0 Å². The van der Waals surface area contributed by atoms with Crippen molar-refractivity contribution in [2.45, 2.75) is 13.1 Å². The second kappa shape index (κ2) is 7.23. The van der Waals surface area contributed by atoms with Crippen LogP contribution in [-0.2, 0) is 13.1 Å². The van der Waals surface area contributed by atoms with Crippen molar-refractivity contribution in [3.05, 3.63) is 76.1 Å². The minimum Gasteiger partial charge on any atom is -0.472 e. The lowest BCUT2D eigenvalue weighted by molar-refractivity contribution is -0.384. The van der Waals surface area contributed by atoms with Gasteiger partial charge in [0.05, 0.1) is 41.2 Å². The summed E-state index contributed by atoms with van der Waals surface area (Å²) in [5, 5.41) is 26.7. The number of nitro benzene ring substituents is 1. The maximum atomic E-state index is 11.3. The van der Waals surface area contributed by atoms with E-state index < -0.39 is 4.92 Å². The van der Waals surface area contributed by atoms with Gasteiger partial charge in [-0.15, -0.1) is 0 Å². The Kier molecular flexibility index (Phi) is 4.67.